The molecule has 0 aliphatic heterocycles. The van der Waals surface area contributed by atoms with Crippen LogP contribution in [-0.2, 0) is 0 Å². The number of halogens is 1. The number of carbonyl (C=O) groups excluding carboxylic acids is 1. The first-order chi connectivity index (χ1) is 10.2. The van der Waals surface area contributed by atoms with Crippen LogP contribution in [0.2, 0.25) is 0 Å². The van der Waals surface area contributed by atoms with Gasteiger partial charge in [-0.3, -0.25) is 9.89 Å². The predicted octanol–water partition coefficient (Wildman–Crippen LogP) is 2.86. The molecular weight excluding hydrogens is 271 g/mol. The maximum atomic E-state index is 12.7. The van der Waals surface area contributed by atoms with Crippen molar-refractivity contribution in [1.82, 2.24) is 15.2 Å². The fourth-order valence-corrected chi connectivity index (χ4v) is 1.86. The van der Waals surface area contributed by atoms with Crippen LogP contribution in [0.3, 0.4) is 0 Å². The zero-order valence-electron chi connectivity index (χ0n) is 10.9. The number of aromatic nitrogens is 3. The summed E-state index contributed by atoms with van der Waals surface area (Å²) in [4.78, 5) is 15.4. The van der Waals surface area contributed by atoms with Crippen molar-refractivity contribution in [1.29, 1.82) is 0 Å². The molecule has 0 aliphatic rings. The monoisotopic (exact) mass is 282 g/mol. The number of amides is 1. The summed E-state index contributed by atoms with van der Waals surface area (Å²) < 4.78 is 12.7. The van der Waals surface area contributed by atoms with Gasteiger partial charge >= 0.3 is 0 Å². The minimum Gasteiger partial charge on any atom is -0.322 e. The maximum absolute atomic E-state index is 12.7. The second-order valence-electron chi connectivity index (χ2n) is 4.37. The lowest BCUT2D eigenvalue weighted by Gasteiger charge is -2.06. The van der Waals surface area contributed by atoms with E-state index in [4.69, 9.17) is 0 Å². The minimum atomic E-state index is -0.615. The lowest BCUT2D eigenvalue weighted by molar-refractivity contribution is 0.102. The van der Waals surface area contributed by atoms with Gasteiger partial charge in [0, 0.05) is 18.1 Å². The Morgan fingerprint density at radius 3 is 2.52 bits per heavy atom. The SMILES string of the molecule is O=C(Nc1ccc(-c2ccn[nH]2)cc1)c1ccc(F)nc1. The second-order valence-corrected chi connectivity index (χ2v) is 4.37. The molecule has 0 radical (unpaired) electrons. The van der Waals surface area contributed by atoms with Crippen molar-refractivity contribution in [2.75, 3.05) is 5.32 Å². The van der Waals surface area contributed by atoms with Crippen molar-refractivity contribution in [3.63, 3.8) is 0 Å². The highest BCUT2D eigenvalue weighted by Gasteiger charge is 2.07. The van der Waals surface area contributed by atoms with Crippen LogP contribution < -0.4 is 5.32 Å². The summed E-state index contributed by atoms with van der Waals surface area (Å²) in [5, 5.41) is 9.47. The van der Waals surface area contributed by atoms with E-state index in [0.717, 1.165) is 17.3 Å². The third kappa shape index (κ3) is 2.94. The van der Waals surface area contributed by atoms with Crippen LogP contribution in [0, 0.1) is 5.95 Å². The van der Waals surface area contributed by atoms with Gasteiger partial charge in [-0.05, 0) is 35.9 Å². The van der Waals surface area contributed by atoms with E-state index in [-0.39, 0.29) is 5.91 Å². The second kappa shape index (κ2) is 5.54. The molecule has 0 spiro atoms. The lowest BCUT2D eigenvalue weighted by Crippen LogP contribution is -2.12. The number of nitrogens with one attached hydrogen (secondary N) is 2. The Morgan fingerprint density at radius 2 is 1.90 bits per heavy atom. The van der Waals surface area contributed by atoms with E-state index >= 15 is 0 Å². The number of rotatable bonds is 3. The molecule has 0 saturated heterocycles. The summed E-state index contributed by atoms with van der Waals surface area (Å²) in [6.07, 6.45) is 2.87. The average Bonchev–Trinajstić information content (AvgIpc) is 3.03. The molecule has 21 heavy (non-hydrogen) atoms. The zero-order chi connectivity index (χ0) is 14.7. The summed E-state index contributed by atoms with van der Waals surface area (Å²) >= 11 is 0. The van der Waals surface area contributed by atoms with Crippen LogP contribution in [0.25, 0.3) is 11.3 Å². The Balaban J connectivity index is 1.73. The quantitative estimate of drug-likeness (QED) is 0.726. The third-order valence-corrected chi connectivity index (χ3v) is 2.94. The van der Waals surface area contributed by atoms with Gasteiger partial charge in [-0.1, -0.05) is 12.1 Å². The zero-order valence-corrected chi connectivity index (χ0v) is 10.9. The number of anilines is 1. The van der Waals surface area contributed by atoms with Crippen molar-refractivity contribution in [3.8, 4) is 11.3 Å². The van der Waals surface area contributed by atoms with E-state index in [1.807, 2.05) is 18.2 Å². The highest BCUT2D eigenvalue weighted by molar-refractivity contribution is 6.04. The Bertz CT molecular complexity index is 736. The number of nitrogens with zero attached hydrogens (tertiary/aromatic N) is 2. The van der Waals surface area contributed by atoms with Gasteiger partial charge in [-0.2, -0.15) is 9.49 Å². The van der Waals surface area contributed by atoms with Gasteiger partial charge in [0.1, 0.15) is 0 Å². The number of hydrogen-bond acceptors (Lipinski definition) is 3. The number of pyridine rings is 1. The van der Waals surface area contributed by atoms with Crippen LogP contribution in [0.5, 0.6) is 0 Å². The van der Waals surface area contributed by atoms with Crippen LogP contribution in [0.15, 0.2) is 54.9 Å². The largest absolute Gasteiger partial charge is 0.322 e. The van der Waals surface area contributed by atoms with Crippen LogP contribution in [0.1, 0.15) is 10.4 Å². The van der Waals surface area contributed by atoms with Gasteiger partial charge in [-0.25, -0.2) is 4.98 Å². The highest BCUT2D eigenvalue weighted by atomic mass is 19.1. The normalized spacial score (nSPS) is 10.3. The molecule has 2 heterocycles. The predicted molar refractivity (Wildman–Crippen MR) is 76.2 cm³/mol. The number of aromatic amines is 1. The molecule has 104 valence electrons. The van der Waals surface area contributed by atoms with Crippen molar-refractivity contribution in [3.05, 3.63) is 66.4 Å². The van der Waals surface area contributed by atoms with E-state index in [0.29, 0.717) is 11.3 Å². The van der Waals surface area contributed by atoms with Gasteiger partial charge in [0.05, 0.1) is 11.3 Å². The van der Waals surface area contributed by atoms with E-state index in [9.17, 15) is 9.18 Å². The van der Waals surface area contributed by atoms with Crippen LogP contribution in [0.4, 0.5) is 10.1 Å². The van der Waals surface area contributed by atoms with E-state index in [2.05, 4.69) is 20.5 Å². The first-order valence-corrected chi connectivity index (χ1v) is 6.25. The van der Waals surface area contributed by atoms with Crippen LogP contribution >= 0.6 is 0 Å². The molecule has 3 aromatic rings. The summed E-state index contributed by atoms with van der Waals surface area (Å²) in [5.41, 5.74) is 2.81. The number of H-pyrrole nitrogens is 1. The number of hydrogen-bond donors (Lipinski definition) is 2. The van der Waals surface area contributed by atoms with Crippen molar-refractivity contribution in [2.45, 2.75) is 0 Å². The standard InChI is InChI=1S/C15H11FN4O/c16-14-6-3-11(9-17-14)15(21)19-12-4-1-10(2-5-12)13-7-8-18-20-13/h1-9H,(H,18,20)(H,19,21). The molecule has 3 rings (SSSR count). The first kappa shape index (κ1) is 13.0. The van der Waals surface area contributed by atoms with E-state index in [1.165, 1.54) is 12.3 Å². The fraction of sp³-hybridized carbons (Fsp3) is 0. The minimum absolute atomic E-state index is 0.300. The fourth-order valence-electron chi connectivity index (χ4n) is 1.86. The van der Waals surface area contributed by atoms with E-state index < -0.39 is 5.95 Å². The molecule has 2 aromatic heterocycles. The van der Waals surface area contributed by atoms with Gasteiger partial charge in [-0.15, -0.1) is 0 Å². The van der Waals surface area contributed by atoms with Gasteiger partial charge in [0.15, 0.2) is 0 Å². The van der Waals surface area contributed by atoms with Gasteiger partial charge < -0.3 is 5.32 Å². The molecule has 0 saturated carbocycles. The molecule has 0 aliphatic carbocycles. The Labute approximate surface area is 119 Å². The molecule has 0 atom stereocenters. The Morgan fingerprint density at radius 1 is 1.10 bits per heavy atom. The Kier molecular flexibility index (Phi) is 3.42. The van der Waals surface area contributed by atoms with Crippen molar-refractivity contribution >= 4 is 11.6 Å². The third-order valence-electron chi connectivity index (χ3n) is 2.94. The van der Waals surface area contributed by atoms with Crippen molar-refractivity contribution < 1.29 is 9.18 Å². The molecule has 2 N–H and O–H groups in total. The topological polar surface area (TPSA) is 70.7 Å². The first-order valence-electron chi connectivity index (χ1n) is 6.25. The van der Waals surface area contributed by atoms with Gasteiger partial charge in [0.25, 0.3) is 5.91 Å². The van der Waals surface area contributed by atoms with Crippen molar-refractivity contribution in [2.24, 2.45) is 0 Å². The summed E-state index contributed by atoms with van der Waals surface area (Å²) in [5.74, 6) is -0.952. The van der Waals surface area contributed by atoms with Crippen LogP contribution in [-0.4, -0.2) is 21.1 Å². The number of benzene rings is 1. The Hall–Kier alpha value is -3.02. The molecule has 0 unspecified atom stereocenters. The molecule has 0 fully saturated rings. The molecule has 0 bridgehead atoms. The summed E-state index contributed by atoms with van der Waals surface area (Å²) in [6.45, 7) is 0. The number of carbonyl (C=O) groups is 1. The molecule has 1 amide bonds. The summed E-state index contributed by atoms with van der Waals surface area (Å²) in [6, 6.07) is 11.7. The molecule has 5 nitrogen and oxygen atoms in total. The smallest absolute Gasteiger partial charge is 0.257 e. The highest BCUT2D eigenvalue weighted by Crippen LogP contribution is 2.19. The molecule has 1 aromatic carbocycles. The van der Waals surface area contributed by atoms with Gasteiger partial charge in [0.2, 0.25) is 5.95 Å². The maximum Gasteiger partial charge on any atom is 0.257 e. The van der Waals surface area contributed by atoms with E-state index in [1.54, 1.807) is 18.3 Å². The average molecular weight is 282 g/mol. The molecular formula is C15H11FN4O. The summed E-state index contributed by atoms with van der Waals surface area (Å²) in [7, 11) is 0. The lowest BCUT2D eigenvalue weighted by atomic mass is 10.1. The molecule has 6 heteroatoms.